The highest BCUT2D eigenvalue weighted by molar-refractivity contribution is 7.75. The fraction of sp³-hybridized carbons (Fsp3) is 0.667. The summed E-state index contributed by atoms with van der Waals surface area (Å²) in [6.07, 6.45) is 4.52. The Morgan fingerprint density at radius 2 is 2.15 bits per heavy atom. The number of aliphatic hydroxyl groups excluding tert-OH is 1. The molecule has 1 N–H and O–H groups in total. The first-order valence-corrected chi connectivity index (χ1v) is 4.66. The number of ketones is 1. The molecule has 1 unspecified atom stereocenters. The second-order valence-corrected chi connectivity index (χ2v) is 2.46. The number of hydrogen-bond acceptors (Lipinski definition) is 4. The van der Waals surface area contributed by atoms with Crippen molar-refractivity contribution >= 4 is 18.7 Å². The maximum atomic E-state index is 10.5. The van der Waals surface area contributed by atoms with Crippen molar-refractivity contribution in [3.8, 4) is 0 Å². The number of carbonyl (C=O) groups is 1. The van der Waals surface area contributed by atoms with Gasteiger partial charge in [0, 0.05) is 5.92 Å². The third kappa shape index (κ3) is 9.60. The third-order valence-electron chi connectivity index (χ3n) is 1.32. The van der Waals surface area contributed by atoms with E-state index in [1.807, 2.05) is 26.8 Å². The van der Waals surface area contributed by atoms with Gasteiger partial charge >= 0.3 is 0 Å². The van der Waals surface area contributed by atoms with Crippen LogP contribution in [0.3, 0.4) is 0 Å². The fourth-order valence-corrected chi connectivity index (χ4v) is 0.669. The van der Waals surface area contributed by atoms with Gasteiger partial charge in [-0.2, -0.15) is 0 Å². The van der Waals surface area contributed by atoms with Crippen molar-refractivity contribution in [3.63, 3.8) is 0 Å². The summed E-state index contributed by atoms with van der Waals surface area (Å²) in [6.45, 7) is 5.63. The van der Waals surface area contributed by atoms with E-state index in [2.05, 4.69) is 17.1 Å². The molecule has 0 aromatic rings. The molecule has 0 aromatic carbocycles. The molecule has 78 valence electrons. The van der Waals surface area contributed by atoms with Gasteiger partial charge in [0.1, 0.15) is 0 Å². The van der Waals surface area contributed by atoms with Gasteiger partial charge in [-0.3, -0.25) is 8.98 Å². The average Bonchev–Trinajstić information content (AvgIpc) is 2.55. The molecule has 0 saturated heterocycles. The molecule has 0 bridgehead atoms. The number of carbonyl (C=O) groups excluding carboxylic acids is 1. The van der Waals surface area contributed by atoms with Gasteiger partial charge in [0.05, 0.1) is 0 Å². The second kappa shape index (κ2) is 11.7. The average molecular weight is 206 g/mol. The van der Waals surface area contributed by atoms with E-state index in [9.17, 15) is 4.79 Å². The van der Waals surface area contributed by atoms with Gasteiger partial charge in [0.2, 0.25) is 0 Å². The lowest BCUT2D eigenvalue weighted by Gasteiger charge is -1.91. The van der Waals surface area contributed by atoms with Crippen LogP contribution in [0.25, 0.3) is 0 Å². The standard InChI is InChI=1S/C6H8O.C2H6.CH4O2S/c1-5-3-2-4-6(5)7;1-2;2-1-3-4/h2,4-5H,3H2,1H3;1-2H3;2,4H,1H2. The highest BCUT2D eigenvalue weighted by Crippen LogP contribution is 2.11. The molecule has 1 atom stereocenters. The summed E-state index contributed by atoms with van der Waals surface area (Å²) >= 11 is 3.17. The van der Waals surface area contributed by atoms with Crippen molar-refractivity contribution in [2.45, 2.75) is 27.2 Å². The molecular weight excluding hydrogens is 188 g/mol. The summed E-state index contributed by atoms with van der Waals surface area (Å²) in [6, 6.07) is 0. The maximum absolute atomic E-state index is 10.5. The molecular formula is C9H18O3S. The Kier molecular flexibility index (Phi) is 13.6. The summed E-state index contributed by atoms with van der Waals surface area (Å²) in [5, 5.41) is 7.58. The maximum Gasteiger partial charge on any atom is 0.158 e. The fourth-order valence-electron chi connectivity index (χ4n) is 0.669. The van der Waals surface area contributed by atoms with Crippen molar-refractivity contribution in [2.24, 2.45) is 5.92 Å². The summed E-state index contributed by atoms with van der Waals surface area (Å²) < 4.78 is 3.79. The zero-order valence-corrected chi connectivity index (χ0v) is 9.25. The number of allylic oxidation sites excluding steroid dienone is 2. The first-order valence-electron chi connectivity index (χ1n) is 4.30. The van der Waals surface area contributed by atoms with Crippen molar-refractivity contribution in [3.05, 3.63) is 12.2 Å². The van der Waals surface area contributed by atoms with E-state index in [4.69, 9.17) is 5.11 Å². The SMILES string of the molecule is CC.CC1CC=CC1=O.OCOS. The minimum Gasteiger partial charge on any atom is -0.370 e. The molecule has 0 aromatic heterocycles. The van der Waals surface area contributed by atoms with Crippen LogP contribution in [-0.2, 0) is 8.98 Å². The van der Waals surface area contributed by atoms with Gasteiger partial charge in [-0.25, -0.2) is 0 Å². The van der Waals surface area contributed by atoms with Gasteiger partial charge in [0.15, 0.2) is 12.6 Å². The Labute approximate surface area is 85.4 Å². The van der Waals surface area contributed by atoms with Crippen LogP contribution >= 0.6 is 12.9 Å². The lowest BCUT2D eigenvalue weighted by Crippen LogP contribution is -1.98. The van der Waals surface area contributed by atoms with Crippen LogP contribution in [0.4, 0.5) is 0 Å². The minimum atomic E-state index is -0.316. The van der Waals surface area contributed by atoms with E-state index >= 15 is 0 Å². The van der Waals surface area contributed by atoms with Crippen molar-refractivity contribution in [1.82, 2.24) is 0 Å². The summed E-state index contributed by atoms with van der Waals surface area (Å²) in [5.74, 6) is 0.542. The van der Waals surface area contributed by atoms with Crippen LogP contribution in [0.2, 0.25) is 0 Å². The van der Waals surface area contributed by atoms with E-state index in [1.54, 1.807) is 6.08 Å². The van der Waals surface area contributed by atoms with Crippen LogP contribution in [0, 0.1) is 5.92 Å². The Morgan fingerprint density at radius 1 is 1.69 bits per heavy atom. The highest BCUT2D eigenvalue weighted by atomic mass is 32.1. The number of aliphatic hydroxyl groups is 1. The first kappa shape index (κ1) is 15.2. The monoisotopic (exact) mass is 206 g/mol. The van der Waals surface area contributed by atoms with Gasteiger partial charge in [-0.15, -0.1) is 0 Å². The molecule has 1 aliphatic carbocycles. The van der Waals surface area contributed by atoms with E-state index in [-0.39, 0.29) is 18.5 Å². The zero-order chi connectivity index (χ0) is 10.7. The molecule has 0 heterocycles. The van der Waals surface area contributed by atoms with Crippen molar-refractivity contribution in [2.75, 3.05) is 6.79 Å². The molecule has 0 aliphatic heterocycles. The minimum absolute atomic E-state index is 0.264. The lowest BCUT2D eigenvalue weighted by molar-refractivity contribution is -0.116. The molecule has 0 saturated carbocycles. The van der Waals surface area contributed by atoms with Crippen LogP contribution < -0.4 is 0 Å². The molecule has 4 heteroatoms. The lowest BCUT2D eigenvalue weighted by atomic mass is 10.1. The summed E-state index contributed by atoms with van der Waals surface area (Å²) in [7, 11) is 0. The van der Waals surface area contributed by atoms with Gasteiger partial charge in [-0.05, 0) is 25.4 Å². The van der Waals surface area contributed by atoms with Crippen molar-refractivity contribution < 1.29 is 14.1 Å². The smallest absolute Gasteiger partial charge is 0.158 e. The van der Waals surface area contributed by atoms with Crippen LogP contribution in [0.15, 0.2) is 12.2 Å². The van der Waals surface area contributed by atoms with E-state index in [0.717, 1.165) is 6.42 Å². The van der Waals surface area contributed by atoms with E-state index in [1.165, 1.54) is 0 Å². The predicted octanol–water partition coefficient (Wildman–Crippen LogP) is 1.98. The van der Waals surface area contributed by atoms with Gasteiger partial charge < -0.3 is 5.11 Å². The molecule has 13 heavy (non-hydrogen) atoms. The number of hydrogen-bond donors (Lipinski definition) is 2. The molecule has 0 amide bonds. The number of thiol groups is 1. The third-order valence-corrected chi connectivity index (χ3v) is 1.43. The van der Waals surface area contributed by atoms with Crippen molar-refractivity contribution in [1.29, 1.82) is 0 Å². The zero-order valence-electron chi connectivity index (χ0n) is 8.36. The molecule has 0 radical (unpaired) electrons. The summed E-state index contributed by atoms with van der Waals surface area (Å²) in [4.78, 5) is 10.5. The molecule has 0 spiro atoms. The Hall–Kier alpha value is -0.320. The summed E-state index contributed by atoms with van der Waals surface area (Å²) in [5.41, 5.74) is 0. The molecule has 1 aliphatic rings. The molecule has 3 nitrogen and oxygen atoms in total. The van der Waals surface area contributed by atoms with E-state index < -0.39 is 0 Å². The predicted molar refractivity (Wildman–Crippen MR) is 56.4 cm³/mol. The first-order chi connectivity index (χ1) is 6.22. The Morgan fingerprint density at radius 3 is 2.23 bits per heavy atom. The second-order valence-electron chi connectivity index (χ2n) is 2.20. The largest absolute Gasteiger partial charge is 0.370 e. The number of rotatable bonds is 1. The van der Waals surface area contributed by atoms with Crippen LogP contribution in [-0.4, -0.2) is 17.7 Å². The molecule has 1 rings (SSSR count). The van der Waals surface area contributed by atoms with Gasteiger partial charge in [0.25, 0.3) is 0 Å². The van der Waals surface area contributed by atoms with Gasteiger partial charge in [-0.1, -0.05) is 26.8 Å². The quantitative estimate of drug-likeness (QED) is 0.392. The van der Waals surface area contributed by atoms with E-state index in [0.29, 0.717) is 0 Å². The highest BCUT2D eigenvalue weighted by Gasteiger charge is 2.11. The topological polar surface area (TPSA) is 46.5 Å². The van der Waals surface area contributed by atoms with Crippen LogP contribution in [0.1, 0.15) is 27.2 Å². The Bertz CT molecular complexity index is 144. The van der Waals surface area contributed by atoms with Crippen LogP contribution in [0.5, 0.6) is 0 Å². The normalized spacial score (nSPS) is 18.5. The molecule has 0 fully saturated rings. The Balaban J connectivity index is 0.